The fourth-order valence-electron chi connectivity index (χ4n) is 1.63. The molecule has 0 aliphatic carbocycles. The van der Waals surface area contributed by atoms with E-state index in [2.05, 4.69) is 4.72 Å². The highest BCUT2D eigenvalue weighted by Gasteiger charge is 2.18. The number of hydrogen-bond donors (Lipinski definition) is 1. The Labute approximate surface area is 126 Å². The molecule has 1 N–H and O–H groups in total. The predicted molar refractivity (Wildman–Crippen MR) is 79.4 cm³/mol. The van der Waals surface area contributed by atoms with Gasteiger partial charge in [0.05, 0.1) is 19.9 Å². The van der Waals surface area contributed by atoms with Crippen molar-refractivity contribution < 1.29 is 17.9 Å². The fourth-order valence-corrected chi connectivity index (χ4v) is 3.78. The third-order valence-corrected chi connectivity index (χ3v) is 5.46. The van der Waals surface area contributed by atoms with E-state index >= 15 is 0 Å². The third kappa shape index (κ3) is 3.26. The second kappa shape index (κ2) is 6.03. The maximum absolute atomic E-state index is 12.2. The van der Waals surface area contributed by atoms with E-state index in [1.807, 2.05) is 6.07 Å². The summed E-state index contributed by atoms with van der Waals surface area (Å²) in [5.74, 6) is 0.921. The van der Waals surface area contributed by atoms with Gasteiger partial charge in [-0.3, -0.25) is 4.72 Å². The highest BCUT2D eigenvalue weighted by molar-refractivity contribution is 7.94. The highest BCUT2D eigenvalue weighted by Crippen LogP contribution is 2.31. The zero-order chi connectivity index (χ0) is 15.5. The van der Waals surface area contributed by atoms with Crippen molar-refractivity contribution in [3.05, 3.63) is 35.2 Å². The summed E-state index contributed by atoms with van der Waals surface area (Å²) in [4.78, 5) is 0.336. The van der Waals surface area contributed by atoms with Gasteiger partial charge >= 0.3 is 0 Å². The standard InChI is InChI=1S/C13H12N2O4S2/c1-18-11-5-3-9(7-12(11)19-2)15-21(16,17)13-6-4-10(8-14)20-13/h3-7,15H,1-2H3. The summed E-state index contributed by atoms with van der Waals surface area (Å²) in [6.45, 7) is 0. The van der Waals surface area contributed by atoms with Gasteiger partial charge in [-0.1, -0.05) is 0 Å². The van der Waals surface area contributed by atoms with Crippen molar-refractivity contribution in [2.75, 3.05) is 18.9 Å². The monoisotopic (exact) mass is 324 g/mol. The molecular formula is C13H12N2O4S2. The van der Waals surface area contributed by atoms with E-state index in [0.29, 0.717) is 22.1 Å². The molecule has 110 valence electrons. The molecule has 1 heterocycles. The largest absolute Gasteiger partial charge is 0.493 e. The van der Waals surface area contributed by atoms with Gasteiger partial charge in [0, 0.05) is 6.07 Å². The minimum absolute atomic E-state index is 0.0776. The molecule has 0 saturated carbocycles. The van der Waals surface area contributed by atoms with Gasteiger partial charge in [0.25, 0.3) is 10.0 Å². The summed E-state index contributed by atoms with van der Waals surface area (Å²) < 4.78 is 37.1. The van der Waals surface area contributed by atoms with E-state index in [9.17, 15) is 8.42 Å². The number of nitriles is 1. The molecular weight excluding hydrogens is 312 g/mol. The minimum Gasteiger partial charge on any atom is -0.493 e. The van der Waals surface area contributed by atoms with Crippen LogP contribution >= 0.6 is 11.3 Å². The van der Waals surface area contributed by atoms with Crippen LogP contribution in [-0.4, -0.2) is 22.6 Å². The predicted octanol–water partition coefficient (Wildman–Crippen LogP) is 2.44. The summed E-state index contributed by atoms with van der Waals surface area (Å²) in [6.07, 6.45) is 0. The SMILES string of the molecule is COc1ccc(NS(=O)(=O)c2ccc(C#N)s2)cc1OC. The first-order chi connectivity index (χ1) is 10.00. The van der Waals surface area contributed by atoms with E-state index in [-0.39, 0.29) is 4.21 Å². The second-order valence-electron chi connectivity index (χ2n) is 3.91. The topological polar surface area (TPSA) is 88.4 Å². The first-order valence-corrected chi connectivity index (χ1v) is 8.05. The van der Waals surface area contributed by atoms with Crippen LogP contribution in [0.4, 0.5) is 5.69 Å². The van der Waals surface area contributed by atoms with Crippen LogP contribution in [0.25, 0.3) is 0 Å². The van der Waals surface area contributed by atoms with Crippen molar-refractivity contribution in [2.45, 2.75) is 4.21 Å². The first kappa shape index (κ1) is 15.2. The fraction of sp³-hybridized carbons (Fsp3) is 0.154. The average Bonchev–Trinajstić information content (AvgIpc) is 2.96. The van der Waals surface area contributed by atoms with Gasteiger partial charge in [-0.05, 0) is 24.3 Å². The molecule has 0 atom stereocenters. The average molecular weight is 324 g/mol. The summed E-state index contributed by atoms with van der Waals surface area (Å²) in [5, 5.41) is 8.75. The first-order valence-electron chi connectivity index (χ1n) is 5.75. The molecule has 0 saturated heterocycles. The summed E-state index contributed by atoms with van der Waals surface area (Å²) in [7, 11) is -0.762. The molecule has 1 aromatic carbocycles. The number of methoxy groups -OCH3 is 2. The van der Waals surface area contributed by atoms with Gasteiger partial charge in [0.2, 0.25) is 0 Å². The van der Waals surface area contributed by atoms with Crippen LogP contribution in [0.3, 0.4) is 0 Å². The van der Waals surface area contributed by atoms with E-state index < -0.39 is 10.0 Å². The molecule has 0 unspecified atom stereocenters. The zero-order valence-corrected chi connectivity index (χ0v) is 12.9. The van der Waals surface area contributed by atoms with Crippen LogP contribution in [0.1, 0.15) is 4.88 Å². The number of ether oxygens (including phenoxy) is 2. The van der Waals surface area contributed by atoms with Crippen LogP contribution in [-0.2, 0) is 10.0 Å². The summed E-state index contributed by atoms with van der Waals surface area (Å²) in [5.41, 5.74) is 0.347. The molecule has 0 amide bonds. The third-order valence-electron chi connectivity index (χ3n) is 2.59. The van der Waals surface area contributed by atoms with Gasteiger partial charge in [-0.15, -0.1) is 11.3 Å². The highest BCUT2D eigenvalue weighted by atomic mass is 32.2. The van der Waals surface area contributed by atoms with Crippen molar-refractivity contribution in [2.24, 2.45) is 0 Å². The van der Waals surface area contributed by atoms with Crippen LogP contribution < -0.4 is 14.2 Å². The van der Waals surface area contributed by atoms with Gasteiger partial charge in [-0.25, -0.2) is 8.42 Å². The van der Waals surface area contributed by atoms with Gasteiger partial charge in [0.1, 0.15) is 15.2 Å². The Bertz CT molecular complexity index is 791. The Morgan fingerprint density at radius 2 is 1.86 bits per heavy atom. The van der Waals surface area contributed by atoms with Crippen molar-refractivity contribution in [1.82, 2.24) is 0 Å². The molecule has 2 aromatic rings. The lowest BCUT2D eigenvalue weighted by Gasteiger charge is -2.11. The number of benzene rings is 1. The van der Waals surface area contributed by atoms with E-state index in [1.165, 1.54) is 32.4 Å². The Hall–Kier alpha value is -2.24. The van der Waals surface area contributed by atoms with E-state index in [0.717, 1.165) is 11.3 Å². The van der Waals surface area contributed by atoms with Crippen LogP contribution in [0.2, 0.25) is 0 Å². The lowest BCUT2D eigenvalue weighted by atomic mass is 10.3. The maximum atomic E-state index is 12.2. The quantitative estimate of drug-likeness (QED) is 0.912. The molecule has 21 heavy (non-hydrogen) atoms. The van der Waals surface area contributed by atoms with E-state index in [1.54, 1.807) is 12.1 Å². The number of thiophene rings is 1. The molecule has 0 spiro atoms. The van der Waals surface area contributed by atoms with Crippen molar-refractivity contribution in [3.63, 3.8) is 0 Å². The molecule has 0 aliphatic rings. The Kier molecular flexibility index (Phi) is 4.35. The lowest BCUT2D eigenvalue weighted by molar-refractivity contribution is 0.355. The smallest absolute Gasteiger partial charge is 0.271 e. The lowest BCUT2D eigenvalue weighted by Crippen LogP contribution is -2.11. The number of nitrogens with zero attached hydrogens (tertiary/aromatic N) is 1. The van der Waals surface area contributed by atoms with Crippen molar-refractivity contribution in [1.29, 1.82) is 5.26 Å². The summed E-state index contributed by atoms with van der Waals surface area (Å²) in [6, 6.07) is 9.46. The normalized spacial score (nSPS) is 10.7. The van der Waals surface area contributed by atoms with Crippen LogP contribution in [0, 0.1) is 11.3 Å². The zero-order valence-electron chi connectivity index (χ0n) is 11.3. The summed E-state index contributed by atoms with van der Waals surface area (Å²) >= 11 is 0.909. The Balaban J connectivity index is 2.30. The second-order valence-corrected chi connectivity index (χ2v) is 6.90. The molecule has 0 fully saturated rings. The van der Waals surface area contributed by atoms with Crippen LogP contribution in [0.5, 0.6) is 11.5 Å². The molecule has 6 nitrogen and oxygen atoms in total. The van der Waals surface area contributed by atoms with Crippen LogP contribution in [0.15, 0.2) is 34.5 Å². The van der Waals surface area contributed by atoms with Gasteiger partial charge in [0.15, 0.2) is 11.5 Å². The van der Waals surface area contributed by atoms with Gasteiger partial charge in [-0.2, -0.15) is 5.26 Å². The molecule has 2 rings (SSSR count). The number of sulfonamides is 1. The Morgan fingerprint density at radius 1 is 1.14 bits per heavy atom. The van der Waals surface area contributed by atoms with Crippen molar-refractivity contribution in [3.8, 4) is 17.6 Å². The molecule has 1 aromatic heterocycles. The van der Waals surface area contributed by atoms with E-state index in [4.69, 9.17) is 14.7 Å². The van der Waals surface area contributed by atoms with Crippen molar-refractivity contribution >= 4 is 27.0 Å². The number of anilines is 1. The molecule has 0 bridgehead atoms. The number of hydrogen-bond acceptors (Lipinski definition) is 6. The minimum atomic E-state index is -3.73. The Morgan fingerprint density at radius 3 is 2.43 bits per heavy atom. The molecule has 8 heteroatoms. The number of rotatable bonds is 5. The number of nitrogens with one attached hydrogen (secondary N) is 1. The maximum Gasteiger partial charge on any atom is 0.271 e. The van der Waals surface area contributed by atoms with Gasteiger partial charge < -0.3 is 9.47 Å². The molecule has 0 radical (unpaired) electrons. The molecule has 0 aliphatic heterocycles.